The molecule has 0 heterocycles. The van der Waals surface area contributed by atoms with Crippen LogP contribution in [-0.2, 0) is 9.53 Å². The lowest BCUT2D eigenvalue weighted by molar-refractivity contribution is -0.123. The molecule has 0 spiro atoms. The summed E-state index contributed by atoms with van der Waals surface area (Å²) < 4.78 is 43.7. The first-order chi connectivity index (χ1) is 11.7. The van der Waals surface area contributed by atoms with Gasteiger partial charge in [0, 0.05) is 18.4 Å². The molecular weight excluding hydrogens is 347 g/mol. The molecule has 1 amide bonds. The Morgan fingerprint density at radius 1 is 1.27 bits per heavy atom. The Kier molecular flexibility index (Phi) is 7.08. The van der Waals surface area contributed by atoms with Crippen molar-refractivity contribution in [2.45, 2.75) is 72.2 Å². The number of ketones is 1. The summed E-state index contributed by atoms with van der Waals surface area (Å²) in [5, 5.41) is 2.66. The van der Waals surface area contributed by atoms with E-state index in [1.54, 1.807) is 41.5 Å². The topological polar surface area (TPSA) is 55.4 Å². The van der Waals surface area contributed by atoms with Gasteiger partial charge in [-0.3, -0.25) is 4.79 Å². The minimum atomic E-state index is -4.41. The quantitative estimate of drug-likeness (QED) is 0.740. The Hall–Kier alpha value is -1.79. The van der Waals surface area contributed by atoms with E-state index in [0.29, 0.717) is 12.0 Å². The molecule has 1 aliphatic rings. The molecule has 0 aromatic carbocycles. The maximum absolute atomic E-state index is 12.9. The second-order valence-electron chi connectivity index (χ2n) is 7.90. The van der Waals surface area contributed by atoms with Crippen LogP contribution in [0.25, 0.3) is 0 Å². The van der Waals surface area contributed by atoms with Crippen molar-refractivity contribution in [3.8, 4) is 0 Å². The van der Waals surface area contributed by atoms with E-state index >= 15 is 0 Å². The molecule has 0 aromatic heterocycles. The molecule has 4 nitrogen and oxygen atoms in total. The molecule has 1 rings (SSSR count). The Bertz CT molecular complexity index is 600. The van der Waals surface area contributed by atoms with Crippen LogP contribution in [0.5, 0.6) is 0 Å². The zero-order valence-electron chi connectivity index (χ0n) is 16.2. The second-order valence-corrected chi connectivity index (χ2v) is 7.90. The van der Waals surface area contributed by atoms with Crippen molar-refractivity contribution in [2.24, 2.45) is 11.8 Å². The lowest BCUT2D eigenvalue weighted by Gasteiger charge is -2.27. The second kappa shape index (κ2) is 8.27. The van der Waals surface area contributed by atoms with E-state index in [4.69, 9.17) is 4.74 Å². The van der Waals surface area contributed by atoms with Crippen LogP contribution >= 0.6 is 0 Å². The van der Waals surface area contributed by atoms with E-state index in [0.717, 1.165) is 12.2 Å². The van der Waals surface area contributed by atoms with Crippen LogP contribution in [0.3, 0.4) is 0 Å². The summed E-state index contributed by atoms with van der Waals surface area (Å²) in [6, 6.07) is -0.279. The molecule has 1 aliphatic carbocycles. The Labute approximate surface area is 152 Å². The summed E-state index contributed by atoms with van der Waals surface area (Å²) in [6.07, 6.45) is -2.24. The van der Waals surface area contributed by atoms with Crippen molar-refractivity contribution in [1.29, 1.82) is 0 Å². The summed E-state index contributed by atoms with van der Waals surface area (Å²) >= 11 is 0. The smallest absolute Gasteiger partial charge is 0.416 e. The molecule has 7 heteroatoms. The van der Waals surface area contributed by atoms with Gasteiger partial charge in [-0.2, -0.15) is 13.2 Å². The molecule has 26 heavy (non-hydrogen) atoms. The number of amides is 1. The van der Waals surface area contributed by atoms with Crippen LogP contribution in [0.2, 0.25) is 0 Å². The van der Waals surface area contributed by atoms with Gasteiger partial charge in [-0.25, -0.2) is 4.79 Å². The highest BCUT2D eigenvalue weighted by atomic mass is 19.4. The first-order valence-electron chi connectivity index (χ1n) is 8.70. The van der Waals surface area contributed by atoms with Crippen molar-refractivity contribution in [2.75, 3.05) is 0 Å². The SMILES string of the molecule is CC1=CC(C(F)(F)F)=CC(C)C1C(=O)CCC(C)NC(=O)OC(C)(C)C. The van der Waals surface area contributed by atoms with Gasteiger partial charge in [0.15, 0.2) is 0 Å². The molecule has 3 unspecified atom stereocenters. The minimum Gasteiger partial charge on any atom is -0.444 e. The predicted octanol–water partition coefficient (Wildman–Crippen LogP) is 4.95. The molecular formula is C19H28F3NO3. The van der Waals surface area contributed by atoms with Gasteiger partial charge in [0.1, 0.15) is 11.4 Å². The highest BCUT2D eigenvalue weighted by Crippen LogP contribution is 2.37. The van der Waals surface area contributed by atoms with Gasteiger partial charge in [-0.05, 0) is 47.0 Å². The van der Waals surface area contributed by atoms with Gasteiger partial charge < -0.3 is 10.1 Å². The Balaban J connectivity index is 2.60. The Morgan fingerprint density at radius 2 is 1.85 bits per heavy atom. The number of ether oxygens (including phenoxy) is 1. The number of halogens is 3. The van der Waals surface area contributed by atoms with Crippen molar-refractivity contribution in [3.05, 3.63) is 23.3 Å². The number of nitrogens with one attached hydrogen (secondary N) is 1. The molecule has 1 N–H and O–H groups in total. The number of hydrogen-bond acceptors (Lipinski definition) is 3. The molecule has 0 radical (unpaired) electrons. The lowest BCUT2D eigenvalue weighted by atomic mass is 9.77. The van der Waals surface area contributed by atoms with Gasteiger partial charge in [-0.1, -0.05) is 24.6 Å². The maximum atomic E-state index is 12.9. The molecule has 0 bridgehead atoms. The summed E-state index contributed by atoms with van der Waals surface area (Å²) in [6.45, 7) is 10.2. The number of allylic oxidation sites excluding steroid dienone is 4. The number of carbonyl (C=O) groups is 2. The molecule has 148 valence electrons. The monoisotopic (exact) mass is 375 g/mol. The number of alkyl carbamates (subject to hydrolysis) is 1. The standard InChI is InChI=1S/C19H28F3NO3/c1-11-9-14(19(20,21)22)10-12(2)16(11)15(24)8-7-13(3)23-17(25)26-18(4,5)6/h9-11,13,16H,7-8H2,1-6H3,(H,23,25). The predicted molar refractivity (Wildman–Crippen MR) is 93.6 cm³/mol. The average molecular weight is 375 g/mol. The molecule has 0 aliphatic heterocycles. The van der Waals surface area contributed by atoms with Crippen LogP contribution in [0, 0.1) is 11.8 Å². The minimum absolute atomic E-state index is 0.124. The number of carbonyl (C=O) groups excluding carboxylic acids is 2. The fraction of sp³-hybridized carbons (Fsp3) is 0.684. The largest absolute Gasteiger partial charge is 0.444 e. The highest BCUT2D eigenvalue weighted by Gasteiger charge is 2.37. The van der Waals surface area contributed by atoms with Crippen LogP contribution in [-0.4, -0.2) is 29.7 Å². The molecule has 0 aromatic rings. The third-order valence-electron chi connectivity index (χ3n) is 4.10. The number of alkyl halides is 3. The van der Waals surface area contributed by atoms with Crippen LogP contribution in [0.15, 0.2) is 23.3 Å². The third-order valence-corrected chi connectivity index (χ3v) is 4.10. The van der Waals surface area contributed by atoms with Gasteiger partial charge in [0.25, 0.3) is 0 Å². The van der Waals surface area contributed by atoms with E-state index < -0.39 is 35.3 Å². The zero-order chi connectivity index (χ0) is 20.3. The van der Waals surface area contributed by atoms with Crippen LogP contribution in [0.4, 0.5) is 18.0 Å². The van der Waals surface area contributed by atoms with E-state index in [1.807, 2.05) is 0 Å². The summed E-state index contributed by atoms with van der Waals surface area (Å²) in [7, 11) is 0. The van der Waals surface area contributed by atoms with E-state index in [9.17, 15) is 22.8 Å². The van der Waals surface area contributed by atoms with E-state index in [1.165, 1.54) is 0 Å². The van der Waals surface area contributed by atoms with Crippen LogP contribution < -0.4 is 5.32 Å². The van der Waals surface area contributed by atoms with Crippen LogP contribution in [0.1, 0.15) is 54.4 Å². The van der Waals surface area contributed by atoms with Gasteiger partial charge >= 0.3 is 12.3 Å². The highest BCUT2D eigenvalue weighted by molar-refractivity contribution is 5.84. The molecule has 0 fully saturated rings. The number of rotatable bonds is 5. The average Bonchev–Trinajstić information content (AvgIpc) is 2.41. The first-order valence-corrected chi connectivity index (χ1v) is 8.70. The summed E-state index contributed by atoms with van der Waals surface area (Å²) in [4.78, 5) is 24.2. The van der Waals surface area contributed by atoms with Gasteiger partial charge in [0.2, 0.25) is 0 Å². The van der Waals surface area contributed by atoms with Crippen molar-refractivity contribution in [3.63, 3.8) is 0 Å². The van der Waals surface area contributed by atoms with Crippen molar-refractivity contribution in [1.82, 2.24) is 5.32 Å². The lowest BCUT2D eigenvalue weighted by Crippen LogP contribution is -2.38. The molecule has 0 saturated carbocycles. The van der Waals surface area contributed by atoms with Gasteiger partial charge in [0.05, 0.1) is 5.57 Å². The van der Waals surface area contributed by atoms with Crippen molar-refractivity contribution < 1.29 is 27.5 Å². The fourth-order valence-corrected chi connectivity index (χ4v) is 3.00. The summed E-state index contributed by atoms with van der Waals surface area (Å²) in [5.41, 5.74) is -0.890. The van der Waals surface area contributed by atoms with Gasteiger partial charge in [-0.15, -0.1) is 0 Å². The Morgan fingerprint density at radius 3 is 2.31 bits per heavy atom. The van der Waals surface area contributed by atoms with E-state index in [2.05, 4.69) is 5.32 Å². The fourth-order valence-electron chi connectivity index (χ4n) is 3.00. The number of hydrogen-bond donors (Lipinski definition) is 1. The number of Topliss-reactive ketones (excluding diaryl/α,β-unsaturated/α-hetero) is 1. The van der Waals surface area contributed by atoms with E-state index in [-0.39, 0.29) is 18.2 Å². The molecule has 3 atom stereocenters. The normalized spacial score (nSPS) is 22.2. The first kappa shape index (κ1) is 22.3. The third kappa shape index (κ3) is 6.84. The maximum Gasteiger partial charge on any atom is 0.416 e. The summed E-state index contributed by atoms with van der Waals surface area (Å²) in [5.74, 6) is -1.20. The molecule has 0 saturated heterocycles. The van der Waals surface area contributed by atoms with Crippen molar-refractivity contribution >= 4 is 11.9 Å². The zero-order valence-corrected chi connectivity index (χ0v) is 16.2.